The Bertz CT molecular complexity index is 429. The number of rotatable bonds is 3. The van der Waals surface area contributed by atoms with Gasteiger partial charge in [0, 0.05) is 10.5 Å². The average molecular weight is 283 g/mol. The van der Waals surface area contributed by atoms with Crippen molar-refractivity contribution in [2.24, 2.45) is 0 Å². The number of ketones is 1. The third-order valence-electron chi connectivity index (χ3n) is 1.93. The quantitative estimate of drug-likeness (QED) is 0.464. The molecule has 0 radical (unpaired) electrons. The zero-order valence-electron chi connectivity index (χ0n) is 9.14. The Balaban J connectivity index is 3.07. The van der Waals surface area contributed by atoms with Crippen LogP contribution >= 0.6 is 23.4 Å². The lowest BCUT2D eigenvalue weighted by Gasteiger charge is -2.09. The molecule has 0 saturated heterocycles. The summed E-state index contributed by atoms with van der Waals surface area (Å²) in [6.45, 7) is 3.12. The van der Waals surface area contributed by atoms with Crippen LogP contribution in [0.3, 0.4) is 0 Å². The highest BCUT2D eigenvalue weighted by molar-refractivity contribution is 8.00. The van der Waals surface area contributed by atoms with Crippen LogP contribution in [-0.4, -0.2) is 16.7 Å². The van der Waals surface area contributed by atoms with Crippen LogP contribution in [0.5, 0.6) is 0 Å². The number of hydrogen-bond donors (Lipinski definition) is 0. The summed E-state index contributed by atoms with van der Waals surface area (Å²) >= 11 is 5.38. The standard InChI is InChI=1S/C11H10ClF3OS/c1-6-3-8(10(16)7(2)12)5-9(4-6)17-11(13,14)15/h3-5,7H,1-2H3. The SMILES string of the molecule is Cc1cc(SC(F)(F)F)cc(C(=O)C(C)Cl)c1. The van der Waals surface area contributed by atoms with Gasteiger partial charge >= 0.3 is 5.51 Å². The average Bonchev–Trinajstić information content (AvgIpc) is 2.12. The van der Waals surface area contributed by atoms with Crippen LogP contribution in [0.2, 0.25) is 0 Å². The molecule has 1 rings (SSSR count). The lowest BCUT2D eigenvalue weighted by atomic mass is 10.1. The Kier molecular flexibility index (Phi) is 4.49. The molecule has 0 amide bonds. The number of carbonyl (C=O) groups is 1. The molecular weight excluding hydrogens is 273 g/mol. The molecule has 0 saturated carbocycles. The van der Waals surface area contributed by atoms with Gasteiger partial charge < -0.3 is 0 Å². The molecule has 1 atom stereocenters. The molecule has 1 unspecified atom stereocenters. The minimum Gasteiger partial charge on any atom is -0.293 e. The lowest BCUT2D eigenvalue weighted by Crippen LogP contribution is -2.11. The van der Waals surface area contributed by atoms with Gasteiger partial charge in [-0.05, 0) is 49.4 Å². The highest BCUT2D eigenvalue weighted by Crippen LogP contribution is 2.37. The third-order valence-corrected chi connectivity index (χ3v) is 2.83. The molecule has 1 nitrogen and oxygen atoms in total. The van der Waals surface area contributed by atoms with Crippen molar-refractivity contribution in [3.8, 4) is 0 Å². The van der Waals surface area contributed by atoms with E-state index in [-0.39, 0.29) is 28.0 Å². The molecule has 0 aromatic heterocycles. The van der Waals surface area contributed by atoms with Crippen LogP contribution < -0.4 is 0 Å². The van der Waals surface area contributed by atoms with E-state index in [2.05, 4.69) is 0 Å². The summed E-state index contributed by atoms with van der Waals surface area (Å²) in [7, 11) is 0. The molecule has 6 heteroatoms. The zero-order chi connectivity index (χ0) is 13.2. The molecule has 0 bridgehead atoms. The van der Waals surface area contributed by atoms with Crippen LogP contribution in [0, 0.1) is 6.92 Å². The first-order valence-corrected chi connectivity index (χ1v) is 6.00. The molecule has 0 fully saturated rings. The fourth-order valence-corrected chi connectivity index (χ4v) is 2.14. The molecule has 1 aromatic carbocycles. The van der Waals surface area contributed by atoms with Gasteiger partial charge in [0.2, 0.25) is 0 Å². The molecule has 0 aliphatic rings. The van der Waals surface area contributed by atoms with E-state index in [1.807, 2.05) is 0 Å². The van der Waals surface area contributed by atoms with E-state index >= 15 is 0 Å². The van der Waals surface area contributed by atoms with Crippen LogP contribution in [0.4, 0.5) is 13.2 Å². The van der Waals surface area contributed by atoms with Crippen LogP contribution in [0.15, 0.2) is 23.1 Å². The van der Waals surface area contributed by atoms with Gasteiger partial charge in [0.15, 0.2) is 5.78 Å². The van der Waals surface area contributed by atoms with E-state index < -0.39 is 10.9 Å². The van der Waals surface area contributed by atoms with Crippen molar-refractivity contribution in [1.82, 2.24) is 0 Å². The monoisotopic (exact) mass is 282 g/mol. The molecule has 0 heterocycles. The van der Waals surface area contributed by atoms with Gasteiger partial charge in [0.25, 0.3) is 0 Å². The summed E-state index contributed by atoms with van der Waals surface area (Å²) in [4.78, 5) is 11.6. The minimum atomic E-state index is -4.36. The number of carbonyl (C=O) groups excluding carboxylic acids is 1. The third kappa shape index (κ3) is 4.60. The van der Waals surface area contributed by atoms with Crippen molar-refractivity contribution < 1.29 is 18.0 Å². The van der Waals surface area contributed by atoms with E-state index in [1.54, 1.807) is 6.92 Å². The van der Waals surface area contributed by atoms with E-state index in [4.69, 9.17) is 11.6 Å². The molecular formula is C11H10ClF3OS. The van der Waals surface area contributed by atoms with E-state index in [0.717, 1.165) is 0 Å². The van der Waals surface area contributed by atoms with Crippen molar-refractivity contribution in [2.45, 2.75) is 29.6 Å². The van der Waals surface area contributed by atoms with Crippen LogP contribution in [0.1, 0.15) is 22.8 Å². The Labute approximate surface area is 106 Å². The maximum Gasteiger partial charge on any atom is 0.446 e. The van der Waals surface area contributed by atoms with Gasteiger partial charge in [0.1, 0.15) is 0 Å². The van der Waals surface area contributed by atoms with Crippen molar-refractivity contribution >= 4 is 29.1 Å². The molecule has 0 aliphatic carbocycles. The fraction of sp³-hybridized carbons (Fsp3) is 0.364. The van der Waals surface area contributed by atoms with Crippen molar-refractivity contribution in [1.29, 1.82) is 0 Å². The summed E-state index contributed by atoms with van der Waals surface area (Å²) in [5.41, 5.74) is -3.56. The van der Waals surface area contributed by atoms with Gasteiger partial charge in [0.05, 0.1) is 5.38 Å². The second-order valence-corrected chi connectivity index (χ2v) is 5.36. The maximum atomic E-state index is 12.2. The Morgan fingerprint density at radius 3 is 2.41 bits per heavy atom. The highest BCUT2D eigenvalue weighted by Gasteiger charge is 2.29. The predicted molar refractivity (Wildman–Crippen MR) is 62.7 cm³/mol. The second kappa shape index (κ2) is 5.31. The maximum absolute atomic E-state index is 12.2. The van der Waals surface area contributed by atoms with Crippen molar-refractivity contribution in [3.05, 3.63) is 29.3 Å². The van der Waals surface area contributed by atoms with E-state index in [0.29, 0.717) is 5.56 Å². The van der Waals surface area contributed by atoms with Gasteiger partial charge in [-0.2, -0.15) is 13.2 Å². The number of hydrogen-bond acceptors (Lipinski definition) is 2. The first kappa shape index (κ1) is 14.4. The topological polar surface area (TPSA) is 17.1 Å². The molecule has 94 valence electrons. The van der Waals surface area contributed by atoms with Crippen molar-refractivity contribution in [2.75, 3.05) is 0 Å². The molecule has 0 N–H and O–H groups in total. The molecule has 17 heavy (non-hydrogen) atoms. The summed E-state index contributed by atoms with van der Waals surface area (Å²) < 4.78 is 36.6. The number of halogens is 4. The van der Waals surface area contributed by atoms with E-state index in [1.165, 1.54) is 25.1 Å². The summed E-state index contributed by atoms with van der Waals surface area (Å²) in [6, 6.07) is 4.13. The van der Waals surface area contributed by atoms with Gasteiger partial charge in [-0.15, -0.1) is 11.6 Å². The zero-order valence-corrected chi connectivity index (χ0v) is 10.7. The first-order chi connectivity index (χ1) is 7.69. The van der Waals surface area contributed by atoms with Gasteiger partial charge in [-0.3, -0.25) is 4.79 Å². The summed E-state index contributed by atoms with van der Waals surface area (Å²) in [6.07, 6.45) is 0. The van der Waals surface area contributed by atoms with E-state index in [9.17, 15) is 18.0 Å². The van der Waals surface area contributed by atoms with Crippen LogP contribution in [-0.2, 0) is 0 Å². The minimum absolute atomic E-state index is 0.00170. The summed E-state index contributed by atoms with van der Waals surface area (Å²) in [5.74, 6) is -0.376. The lowest BCUT2D eigenvalue weighted by molar-refractivity contribution is -0.0328. The first-order valence-electron chi connectivity index (χ1n) is 4.75. The predicted octanol–water partition coefficient (Wildman–Crippen LogP) is 4.42. The Morgan fingerprint density at radius 1 is 1.35 bits per heavy atom. The normalized spacial score (nSPS) is 13.5. The second-order valence-electron chi connectivity index (χ2n) is 3.56. The Hall–Kier alpha value is -0.680. The highest BCUT2D eigenvalue weighted by atomic mass is 35.5. The van der Waals surface area contributed by atoms with Gasteiger partial charge in [-0.25, -0.2) is 0 Å². The van der Waals surface area contributed by atoms with Gasteiger partial charge in [-0.1, -0.05) is 0 Å². The number of benzene rings is 1. The van der Waals surface area contributed by atoms with Crippen molar-refractivity contribution in [3.63, 3.8) is 0 Å². The molecule has 1 aromatic rings. The van der Waals surface area contributed by atoms with Crippen LogP contribution in [0.25, 0.3) is 0 Å². The fourth-order valence-electron chi connectivity index (χ4n) is 1.31. The number of Topliss-reactive ketones (excluding diaryl/α,β-unsaturated/α-hetero) is 1. The smallest absolute Gasteiger partial charge is 0.293 e. The number of alkyl halides is 4. The Morgan fingerprint density at radius 2 is 1.94 bits per heavy atom. The number of aryl methyl sites for hydroxylation is 1. The summed E-state index contributed by atoms with van der Waals surface area (Å²) in [5, 5.41) is -0.750. The number of thioether (sulfide) groups is 1. The largest absolute Gasteiger partial charge is 0.446 e. The molecule has 0 spiro atoms. The molecule has 0 aliphatic heterocycles.